The third-order valence-electron chi connectivity index (χ3n) is 6.34. The second-order valence-corrected chi connectivity index (χ2v) is 8.51. The topological polar surface area (TPSA) is 117 Å². The number of ether oxygens (including phenoxy) is 1. The highest BCUT2D eigenvalue weighted by Gasteiger charge is 2.37. The lowest BCUT2D eigenvalue weighted by Gasteiger charge is -2.39. The lowest BCUT2D eigenvalue weighted by atomic mass is 9.84. The first-order valence-electron chi connectivity index (χ1n) is 10.6. The summed E-state index contributed by atoms with van der Waals surface area (Å²) in [6.07, 6.45) is 6.67. The van der Waals surface area contributed by atoms with Crippen LogP contribution in [0, 0.1) is 5.92 Å². The fourth-order valence-electron chi connectivity index (χ4n) is 4.53. The molecule has 0 aromatic carbocycles. The molecule has 2 heterocycles. The second-order valence-electron chi connectivity index (χ2n) is 8.51. The van der Waals surface area contributed by atoms with Crippen molar-refractivity contribution in [2.45, 2.75) is 81.9 Å². The summed E-state index contributed by atoms with van der Waals surface area (Å²) < 4.78 is 5.43. The molecule has 1 aliphatic carbocycles. The second kappa shape index (κ2) is 9.69. The van der Waals surface area contributed by atoms with Crippen LogP contribution in [0.25, 0.3) is 0 Å². The molecule has 0 aromatic heterocycles. The van der Waals surface area contributed by atoms with Crippen molar-refractivity contribution in [1.82, 2.24) is 16.0 Å². The van der Waals surface area contributed by atoms with Crippen LogP contribution in [-0.2, 0) is 19.1 Å². The Morgan fingerprint density at radius 1 is 1.18 bits per heavy atom. The third kappa shape index (κ3) is 5.67. The molecule has 0 aromatic rings. The summed E-state index contributed by atoms with van der Waals surface area (Å²) in [5.74, 6) is -0.464. The van der Waals surface area contributed by atoms with E-state index in [1.807, 2.05) is 0 Å². The van der Waals surface area contributed by atoms with Crippen molar-refractivity contribution < 1.29 is 24.2 Å². The van der Waals surface area contributed by atoms with Gasteiger partial charge in [-0.25, -0.2) is 0 Å². The normalized spacial score (nSPS) is 26.3. The number of hydrogen-bond donors (Lipinski definition) is 4. The van der Waals surface area contributed by atoms with Gasteiger partial charge in [0.2, 0.25) is 17.7 Å². The van der Waals surface area contributed by atoms with Gasteiger partial charge in [0.1, 0.15) is 6.10 Å². The molecule has 1 saturated carbocycles. The molecule has 0 radical (unpaired) electrons. The Balaban J connectivity index is 1.52. The number of rotatable bonds is 7. The van der Waals surface area contributed by atoms with Gasteiger partial charge in [0, 0.05) is 38.6 Å². The van der Waals surface area contributed by atoms with E-state index in [9.17, 15) is 19.5 Å². The Morgan fingerprint density at radius 2 is 1.89 bits per heavy atom. The lowest BCUT2D eigenvalue weighted by Crippen LogP contribution is -2.59. The number of aliphatic hydroxyl groups excluding tert-OH is 1. The van der Waals surface area contributed by atoms with Crippen molar-refractivity contribution in [1.29, 1.82) is 0 Å². The van der Waals surface area contributed by atoms with Gasteiger partial charge in [0.25, 0.3) is 0 Å². The van der Waals surface area contributed by atoms with Gasteiger partial charge in [-0.2, -0.15) is 0 Å². The van der Waals surface area contributed by atoms with Crippen LogP contribution in [0.15, 0.2) is 0 Å². The van der Waals surface area contributed by atoms with E-state index in [0.717, 1.165) is 25.7 Å². The zero-order valence-electron chi connectivity index (χ0n) is 16.5. The molecule has 28 heavy (non-hydrogen) atoms. The molecule has 3 amide bonds. The summed E-state index contributed by atoms with van der Waals surface area (Å²) in [5.41, 5.74) is -0.570. The highest BCUT2D eigenvalue weighted by Crippen LogP contribution is 2.27. The maximum Gasteiger partial charge on any atom is 0.249 e. The Hall–Kier alpha value is -1.67. The molecule has 3 rings (SSSR count). The van der Waals surface area contributed by atoms with E-state index in [0.29, 0.717) is 38.9 Å². The average molecular weight is 396 g/mol. The molecule has 3 fully saturated rings. The van der Waals surface area contributed by atoms with Gasteiger partial charge in [0.05, 0.1) is 5.54 Å². The van der Waals surface area contributed by atoms with Crippen LogP contribution in [0.3, 0.4) is 0 Å². The fourth-order valence-corrected chi connectivity index (χ4v) is 4.53. The lowest BCUT2D eigenvalue weighted by molar-refractivity contribution is -0.134. The average Bonchev–Trinajstić information content (AvgIpc) is 3.11. The molecule has 158 valence electrons. The van der Waals surface area contributed by atoms with Crippen LogP contribution in [0.5, 0.6) is 0 Å². The molecule has 8 nitrogen and oxygen atoms in total. The van der Waals surface area contributed by atoms with Crippen LogP contribution >= 0.6 is 0 Å². The molecule has 2 aliphatic heterocycles. The zero-order valence-corrected chi connectivity index (χ0v) is 16.5. The predicted molar refractivity (Wildman–Crippen MR) is 102 cm³/mol. The van der Waals surface area contributed by atoms with Crippen molar-refractivity contribution >= 4 is 17.7 Å². The van der Waals surface area contributed by atoms with Crippen molar-refractivity contribution in [3.05, 3.63) is 0 Å². The minimum absolute atomic E-state index is 0.0115. The first kappa shape index (κ1) is 21.0. The van der Waals surface area contributed by atoms with E-state index in [4.69, 9.17) is 4.74 Å². The largest absolute Gasteiger partial charge is 0.383 e. The quantitative estimate of drug-likeness (QED) is 0.497. The number of carbonyl (C=O) groups is 3. The zero-order chi connectivity index (χ0) is 20.0. The number of amides is 3. The maximum absolute atomic E-state index is 12.5. The van der Waals surface area contributed by atoms with E-state index in [1.165, 1.54) is 6.42 Å². The third-order valence-corrected chi connectivity index (χ3v) is 6.34. The van der Waals surface area contributed by atoms with Crippen LogP contribution in [0.1, 0.15) is 64.2 Å². The Bertz CT molecular complexity index is 570. The van der Waals surface area contributed by atoms with E-state index in [2.05, 4.69) is 16.0 Å². The van der Waals surface area contributed by atoms with Gasteiger partial charge in [-0.3, -0.25) is 14.4 Å². The first-order chi connectivity index (χ1) is 13.5. The SMILES string of the molecule is O=C1CCC(CC(=O)NC2(CNC(=O)C(O)C3CCCCC3)CCOCC2)N1. The Morgan fingerprint density at radius 3 is 2.54 bits per heavy atom. The summed E-state index contributed by atoms with van der Waals surface area (Å²) in [4.78, 5) is 36.3. The van der Waals surface area contributed by atoms with E-state index in [1.54, 1.807) is 0 Å². The highest BCUT2D eigenvalue weighted by molar-refractivity contribution is 5.83. The van der Waals surface area contributed by atoms with Crippen LogP contribution in [0.2, 0.25) is 0 Å². The van der Waals surface area contributed by atoms with Gasteiger partial charge < -0.3 is 25.8 Å². The minimum atomic E-state index is -0.985. The molecule has 4 N–H and O–H groups in total. The summed E-state index contributed by atoms with van der Waals surface area (Å²) >= 11 is 0. The maximum atomic E-state index is 12.5. The molecule has 2 saturated heterocycles. The minimum Gasteiger partial charge on any atom is -0.383 e. The summed E-state index contributed by atoms with van der Waals surface area (Å²) in [6, 6.07) is -0.118. The van der Waals surface area contributed by atoms with Crippen LogP contribution in [0.4, 0.5) is 0 Å². The molecule has 2 atom stereocenters. The van der Waals surface area contributed by atoms with Crippen LogP contribution in [-0.4, -0.2) is 60.3 Å². The van der Waals surface area contributed by atoms with Crippen molar-refractivity contribution in [2.24, 2.45) is 5.92 Å². The van der Waals surface area contributed by atoms with E-state index < -0.39 is 11.6 Å². The van der Waals surface area contributed by atoms with Gasteiger partial charge >= 0.3 is 0 Å². The van der Waals surface area contributed by atoms with Crippen LogP contribution < -0.4 is 16.0 Å². The smallest absolute Gasteiger partial charge is 0.249 e. The summed E-state index contributed by atoms with van der Waals surface area (Å²) in [6.45, 7) is 1.31. The Labute approximate surface area is 166 Å². The number of aliphatic hydroxyl groups is 1. The van der Waals surface area contributed by atoms with Crippen molar-refractivity contribution in [2.75, 3.05) is 19.8 Å². The molecular weight excluding hydrogens is 362 g/mol. The van der Waals surface area contributed by atoms with Gasteiger partial charge in [0.15, 0.2) is 0 Å². The molecule has 0 bridgehead atoms. The molecular formula is C20H33N3O5. The summed E-state index contributed by atoms with van der Waals surface area (Å²) in [5, 5.41) is 19.1. The van der Waals surface area contributed by atoms with E-state index in [-0.39, 0.29) is 42.6 Å². The van der Waals surface area contributed by atoms with Gasteiger partial charge in [-0.1, -0.05) is 19.3 Å². The monoisotopic (exact) mass is 395 g/mol. The molecule has 3 aliphatic rings. The fraction of sp³-hybridized carbons (Fsp3) is 0.850. The molecule has 0 spiro atoms. The van der Waals surface area contributed by atoms with Gasteiger partial charge in [-0.15, -0.1) is 0 Å². The number of carbonyl (C=O) groups excluding carboxylic acids is 3. The first-order valence-corrected chi connectivity index (χ1v) is 10.6. The van der Waals surface area contributed by atoms with Gasteiger partial charge in [-0.05, 0) is 38.0 Å². The summed E-state index contributed by atoms with van der Waals surface area (Å²) in [7, 11) is 0. The van der Waals surface area contributed by atoms with Crippen molar-refractivity contribution in [3.63, 3.8) is 0 Å². The predicted octanol–water partition coefficient (Wildman–Crippen LogP) is 0.378. The Kier molecular flexibility index (Phi) is 7.29. The molecule has 2 unspecified atom stereocenters. The van der Waals surface area contributed by atoms with E-state index >= 15 is 0 Å². The number of hydrogen-bond acceptors (Lipinski definition) is 5. The standard InChI is InChI=1S/C20H33N3O5/c24-16-7-6-15(22-16)12-17(25)23-20(8-10-28-11-9-20)13-21-19(27)18(26)14-4-2-1-3-5-14/h14-15,18,26H,1-13H2,(H,21,27)(H,22,24)(H,23,25). The highest BCUT2D eigenvalue weighted by atomic mass is 16.5. The number of nitrogens with one attached hydrogen (secondary N) is 3. The molecule has 8 heteroatoms. The van der Waals surface area contributed by atoms with Crippen molar-refractivity contribution in [3.8, 4) is 0 Å².